The van der Waals surface area contributed by atoms with Crippen molar-refractivity contribution in [2.45, 2.75) is 41.5 Å². The van der Waals surface area contributed by atoms with Gasteiger partial charge in [0.2, 0.25) is 0 Å². The van der Waals surface area contributed by atoms with Crippen molar-refractivity contribution in [3.63, 3.8) is 0 Å². The van der Waals surface area contributed by atoms with Gasteiger partial charge in [-0.15, -0.1) is 65.2 Å². The number of rotatable bonds is 4. The fourth-order valence-corrected chi connectivity index (χ4v) is 4.90. The monoisotopic (exact) mass is 742 g/mol. The van der Waals surface area contributed by atoms with Crippen LogP contribution in [0.4, 0.5) is 0 Å². The molecule has 3 heteroatoms. The number of aromatic nitrogens is 2. The van der Waals surface area contributed by atoms with Gasteiger partial charge in [0.1, 0.15) is 0 Å². The SMILES string of the molecule is Cc1ccc(-c2cc(-c3[c-]cccc3)ncc2C)c(C)c1.[2H]C([2H])([2H])c1c[c-]c(-c2cc(C)c(C)cn2)cc1-c1ccccc1.[Pt+2]. The van der Waals surface area contributed by atoms with Crippen molar-refractivity contribution in [1.82, 2.24) is 9.97 Å². The Kier molecular flexibility index (Phi) is 9.25. The van der Waals surface area contributed by atoms with Gasteiger partial charge < -0.3 is 9.97 Å². The van der Waals surface area contributed by atoms with Crippen molar-refractivity contribution < 1.29 is 25.2 Å². The van der Waals surface area contributed by atoms with E-state index in [9.17, 15) is 0 Å². The second-order valence-corrected chi connectivity index (χ2v) is 10.7. The van der Waals surface area contributed by atoms with Crippen molar-refractivity contribution in [3.05, 3.63) is 155 Å². The minimum atomic E-state index is -2.18. The summed E-state index contributed by atoms with van der Waals surface area (Å²) in [6, 6.07) is 38.1. The first kappa shape index (κ1) is 27.7. The average molecular weight is 743 g/mol. The topological polar surface area (TPSA) is 25.8 Å². The second kappa shape index (κ2) is 14.4. The number of pyridine rings is 2. The van der Waals surface area contributed by atoms with E-state index in [0.717, 1.165) is 39.2 Å². The first-order valence-corrected chi connectivity index (χ1v) is 14.1. The Bertz CT molecular complexity index is 1940. The molecule has 0 spiro atoms. The molecule has 216 valence electrons. The van der Waals surface area contributed by atoms with Crippen LogP contribution < -0.4 is 0 Å². The maximum absolute atomic E-state index is 7.80. The van der Waals surface area contributed by atoms with Crippen molar-refractivity contribution >= 4 is 0 Å². The summed E-state index contributed by atoms with van der Waals surface area (Å²) in [7, 11) is 0. The van der Waals surface area contributed by atoms with Gasteiger partial charge in [0, 0.05) is 16.5 Å². The largest absolute Gasteiger partial charge is 2.00 e. The maximum atomic E-state index is 7.80. The molecular formula is C40H36N2Pt. The zero-order valence-corrected chi connectivity index (χ0v) is 27.4. The van der Waals surface area contributed by atoms with Gasteiger partial charge in [0.15, 0.2) is 0 Å². The van der Waals surface area contributed by atoms with Gasteiger partial charge in [-0.05, 0) is 79.4 Å². The third-order valence-corrected chi connectivity index (χ3v) is 7.44. The quantitative estimate of drug-likeness (QED) is 0.168. The molecule has 0 aliphatic heterocycles. The molecule has 0 atom stereocenters. The zero-order valence-electron chi connectivity index (χ0n) is 28.1. The third kappa shape index (κ3) is 7.64. The molecule has 0 unspecified atom stereocenters. The molecule has 43 heavy (non-hydrogen) atoms. The molecule has 2 nitrogen and oxygen atoms in total. The van der Waals surface area contributed by atoms with Crippen molar-refractivity contribution in [2.24, 2.45) is 0 Å². The van der Waals surface area contributed by atoms with Crippen molar-refractivity contribution in [3.8, 4) is 44.8 Å². The van der Waals surface area contributed by atoms with Crippen molar-refractivity contribution in [1.29, 1.82) is 0 Å². The van der Waals surface area contributed by atoms with Crippen LogP contribution in [0.3, 0.4) is 0 Å². The summed E-state index contributed by atoms with van der Waals surface area (Å²) in [5.74, 6) is 0. The first-order chi connectivity index (χ1) is 21.5. The fourth-order valence-electron chi connectivity index (χ4n) is 4.90. The molecule has 6 aromatic rings. The fraction of sp³-hybridized carbons (Fsp3) is 0.150. The summed E-state index contributed by atoms with van der Waals surface area (Å²) >= 11 is 0. The van der Waals surface area contributed by atoms with Gasteiger partial charge in [-0.1, -0.05) is 84.2 Å². The van der Waals surface area contributed by atoms with E-state index in [-0.39, 0.29) is 21.1 Å². The number of nitrogens with zero attached hydrogens (tertiary/aromatic N) is 2. The molecule has 0 bridgehead atoms. The molecule has 0 fully saturated rings. The van der Waals surface area contributed by atoms with E-state index in [0.29, 0.717) is 11.1 Å². The Hall–Kier alpha value is -4.13. The van der Waals surface area contributed by atoms with Crippen LogP contribution in [0, 0.1) is 53.6 Å². The van der Waals surface area contributed by atoms with E-state index >= 15 is 0 Å². The van der Waals surface area contributed by atoms with Crippen molar-refractivity contribution in [2.75, 3.05) is 0 Å². The average Bonchev–Trinajstić information content (AvgIpc) is 3.03. The van der Waals surface area contributed by atoms with E-state index < -0.39 is 6.85 Å². The predicted molar refractivity (Wildman–Crippen MR) is 176 cm³/mol. The maximum Gasteiger partial charge on any atom is 2.00 e. The van der Waals surface area contributed by atoms with Crippen LogP contribution in [0.15, 0.2) is 109 Å². The molecule has 2 aromatic heterocycles. The molecule has 4 aromatic carbocycles. The first-order valence-electron chi connectivity index (χ1n) is 15.6. The van der Waals surface area contributed by atoms with Gasteiger partial charge >= 0.3 is 21.1 Å². The molecule has 0 aliphatic rings. The van der Waals surface area contributed by atoms with Crippen LogP contribution in [-0.4, -0.2) is 9.97 Å². The molecule has 2 heterocycles. The summed E-state index contributed by atoms with van der Waals surface area (Å²) < 4.78 is 23.4. The van der Waals surface area contributed by atoms with E-state index in [1.165, 1.54) is 27.8 Å². The molecule has 0 radical (unpaired) electrons. The Morgan fingerprint density at radius 3 is 1.95 bits per heavy atom. The minimum absolute atomic E-state index is 0. The summed E-state index contributed by atoms with van der Waals surface area (Å²) in [5.41, 5.74) is 14.1. The summed E-state index contributed by atoms with van der Waals surface area (Å²) in [4.78, 5) is 9.01. The predicted octanol–water partition coefficient (Wildman–Crippen LogP) is 10.3. The van der Waals surface area contributed by atoms with Crippen LogP contribution >= 0.6 is 0 Å². The van der Waals surface area contributed by atoms with E-state index in [1.54, 1.807) is 6.07 Å². The Balaban J connectivity index is 0.000000206. The molecule has 0 aliphatic carbocycles. The Morgan fingerprint density at radius 2 is 1.28 bits per heavy atom. The molecule has 0 amide bonds. The number of hydrogen-bond acceptors (Lipinski definition) is 2. The van der Waals surface area contributed by atoms with Crippen LogP contribution in [0.5, 0.6) is 0 Å². The summed E-state index contributed by atoms with van der Waals surface area (Å²) in [6.45, 7) is 8.27. The summed E-state index contributed by atoms with van der Waals surface area (Å²) in [6.07, 6.45) is 3.78. The van der Waals surface area contributed by atoms with Gasteiger partial charge in [-0.2, -0.15) is 0 Å². The summed E-state index contributed by atoms with van der Waals surface area (Å²) in [5, 5.41) is 0. The second-order valence-electron chi connectivity index (χ2n) is 10.7. The number of benzene rings is 4. The van der Waals surface area contributed by atoms with Crippen LogP contribution in [0.1, 0.15) is 37.5 Å². The molecule has 0 saturated carbocycles. The normalized spacial score (nSPS) is 11.7. The van der Waals surface area contributed by atoms with E-state index in [2.05, 4.69) is 67.1 Å². The molecular weight excluding hydrogens is 704 g/mol. The van der Waals surface area contributed by atoms with Gasteiger partial charge in [0.05, 0.1) is 0 Å². The third-order valence-electron chi connectivity index (χ3n) is 7.44. The zero-order chi connectivity index (χ0) is 32.1. The Labute approximate surface area is 275 Å². The minimum Gasteiger partial charge on any atom is -0.304 e. The smallest absolute Gasteiger partial charge is 0.304 e. The van der Waals surface area contributed by atoms with E-state index in [1.807, 2.05) is 93.0 Å². The van der Waals surface area contributed by atoms with Crippen LogP contribution in [0.25, 0.3) is 44.8 Å². The molecule has 6 rings (SSSR count). The molecule has 0 N–H and O–H groups in total. The molecule has 0 saturated heterocycles. The van der Waals surface area contributed by atoms with Crippen LogP contribution in [-0.2, 0) is 21.1 Å². The van der Waals surface area contributed by atoms with Gasteiger partial charge in [-0.25, -0.2) is 0 Å². The Morgan fingerprint density at radius 1 is 0.558 bits per heavy atom. The van der Waals surface area contributed by atoms with Gasteiger partial charge in [0.25, 0.3) is 0 Å². The van der Waals surface area contributed by atoms with Crippen LogP contribution in [0.2, 0.25) is 0 Å². The standard InChI is InChI=1S/2C20H18N.Pt/c1-14-9-10-18(20-11-15(2)16(3)13-21-20)12-19(14)17-7-5-4-6-8-17;1-14-9-10-18(15(2)11-14)19-12-20(21-13-16(19)3)17-7-5-4-6-8-17;/h4-9,11-13H,1-3H3;4-7,9-13H,1-3H3;/q2*-1;+2/i1D3;;. The van der Waals surface area contributed by atoms with Gasteiger partial charge in [-0.3, -0.25) is 0 Å². The number of aryl methyl sites for hydroxylation is 6. The number of hydrogen-bond donors (Lipinski definition) is 0. The van der Waals surface area contributed by atoms with E-state index in [4.69, 9.17) is 4.11 Å².